The van der Waals surface area contributed by atoms with E-state index in [2.05, 4.69) is 36.9 Å². The fourth-order valence-corrected chi connectivity index (χ4v) is 4.32. The van der Waals surface area contributed by atoms with Gasteiger partial charge in [0.05, 0.1) is 12.3 Å². The van der Waals surface area contributed by atoms with Crippen molar-refractivity contribution >= 4 is 17.3 Å². The van der Waals surface area contributed by atoms with Crippen molar-refractivity contribution < 1.29 is 9.53 Å². The first-order valence-electron chi connectivity index (χ1n) is 10.5. The van der Waals surface area contributed by atoms with Crippen LogP contribution in [0.5, 0.6) is 5.75 Å². The van der Waals surface area contributed by atoms with Gasteiger partial charge in [-0.25, -0.2) is 0 Å². The van der Waals surface area contributed by atoms with Gasteiger partial charge in [0.1, 0.15) is 5.75 Å². The molecule has 0 N–H and O–H groups in total. The lowest BCUT2D eigenvalue weighted by Crippen LogP contribution is -2.30. The van der Waals surface area contributed by atoms with Crippen molar-refractivity contribution in [2.45, 2.75) is 52.0 Å². The summed E-state index contributed by atoms with van der Waals surface area (Å²) in [6.45, 7) is 7.45. The Morgan fingerprint density at radius 1 is 1.11 bits per heavy atom. The van der Waals surface area contributed by atoms with Crippen LogP contribution in [-0.2, 0) is 11.2 Å². The molecule has 2 aromatic carbocycles. The summed E-state index contributed by atoms with van der Waals surface area (Å²) in [5, 5.41) is 0. The Morgan fingerprint density at radius 2 is 1.93 bits per heavy atom. The second-order valence-electron chi connectivity index (χ2n) is 8.08. The van der Waals surface area contributed by atoms with E-state index < -0.39 is 0 Å². The van der Waals surface area contributed by atoms with Gasteiger partial charge in [0.25, 0.3) is 0 Å². The van der Waals surface area contributed by atoms with Crippen LogP contribution in [0.2, 0.25) is 0 Å². The van der Waals surface area contributed by atoms with E-state index >= 15 is 0 Å². The third-order valence-electron chi connectivity index (χ3n) is 5.99. The predicted octanol–water partition coefficient (Wildman–Crippen LogP) is 4.86. The van der Waals surface area contributed by atoms with E-state index in [0.717, 1.165) is 43.1 Å². The number of rotatable bonds is 6. The molecule has 2 aromatic rings. The highest BCUT2D eigenvalue weighted by Gasteiger charge is 2.26. The van der Waals surface area contributed by atoms with Gasteiger partial charge in [0, 0.05) is 24.7 Å². The minimum atomic E-state index is 0.157. The highest BCUT2D eigenvalue weighted by Crippen LogP contribution is 2.36. The van der Waals surface area contributed by atoms with Crippen molar-refractivity contribution in [3.8, 4) is 5.75 Å². The number of carbonyl (C=O) groups is 1. The summed E-state index contributed by atoms with van der Waals surface area (Å²) in [6.07, 6.45) is 5.01. The topological polar surface area (TPSA) is 32.8 Å². The van der Waals surface area contributed by atoms with Crippen molar-refractivity contribution in [2.24, 2.45) is 0 Å². The first-order chi connectivity index (χ1) is 13.6. The molecule has 1 atom stereocenters. The molecular weight excluding hydrogens is 348 g/mol. The Bertz CT molecular complexity index is 831. The molecule has 2 aliphatic rings. The summed E-state index contributed by atoms with van der Waals surface area (Å²) < 4.78 is 6.02. The monoisotopic (exact) mass is 378 g/mol. The van der Waals surface area contributed by atoms with E-state index in [4.69, 9.17) is 4.74 Å². The van der Waals surface area contributed by atoms with Crippen molar-refractivity contribution in [1.82, 2.24) is 4.90 Å². The van der Waals surface area contributed by atoms with E-state index in [1.54, 1.807) is 0 Å². The highest BCUT2D eigenvalue weighted by molar-refractivity contribution is 6.03. The quantitative estimate of drug-likeness (QED) is 0.673. The zero-order valence-corrected chi connectivity index (χ0v) is 17.0. The maximum absolute atomic E-state index is 12.6. The van der Waals surface area contributed by atoms with Gasteiger partial charge in [-0.15, -0.1) is 0 Å². The van der Waals surface area contributed by atoms with Gasteiger partial charge < -0.3 is 9.64 Å². The molecule has 1 saturated heterocycles. The maximum atomic E-state index is 12.6. The minimum Gasteiger partial charge on any atom is -0.494 e. The summed E-state index contributed by atoms with van der Waals surface area (Å²) in [7, 11) is 0. The number of hydrogen-bond donors (Lipinski definition) is 0. The molecule has 0 saturated carbocycles. The van der Waals surface area contributed by atoms with Crippen LogP contribution >= 0.6 is 0 Å². The van der Waals surface area contributed by atoms with Crippen LogP contribution in [0.4, 0.5) is 11.4 Å². The summed E-state index contributed by atoms with van der Waals surface area (Å²) in [4.78, 5) is 17.0. The van der Waals surface area contributed by atoms with Gasteiger partial charge in [0.15, 0.2) is 0 Å². The zero-order valence-electron chi connectivity index (χ0n) is 17.0. The number of benzene rings is 2. The molecule has 0 bridgehead atoms. The molecule has 4 nitrogen and oxygen atoms in total. The Labute approximate surface area is 168 Å². The van der Waals surface area contributed by atoms with E-state index in [1.165, 1.54) is 30.5 Å². The molecule has 1 amide bonds. The normalized spacial score (nSPS) is 19.7. The molecule has 0 radical (unpaired) electrons. The first kappa shape index (κ1) is 19.0. The third-order valence-corrected chi connectivity index (χ3v) is 5.99. The Balaban J connectivity index is 1.41. The molecule has 28 heavy (non-hydrogen) atoms. The molecule has 0 aromatic heterocycles. The molecule has 148 valence electrons. The summed E-state index contributed by atoms with van der Waals surface area (Å²) in [5.41, 5.74) is 4.30. The second kappa shape index (κ2) is 8.36. The fourth-order valence-electron chi connectivity index (χ4n) is 4.32. The van der Waals surface area contributed by atoms with Gasteiger partial charge in [-0.1, -0.05) is 17.7 Å². The van der Waals surface area contributed by atoms with Gasteiger partial charge in [-0.05, 0) is 82.0 Å². The van der Waals surface area contributed by atoms with Gasteiger partial charge in [-0.3, -0.25) is 9.69 Å². The van der Waals surface area contributed by atoms with Crippen LogP contribution in [0.15, 0.2) is 42.5 Å². The number of ether oxygens (including phenoxy) is 1. The molecule has 0 aliphatic carbocycles. The minimum absolute atomic E-state index is 0.157. The second-order valence-corrected chi connectivity index (χ2v) is 8.08. The van der Waals surface area contributed by atoms with Crippen LogP contribution in [0.25, 0.3) is 0 Å². The molecule has 0 spiro atoms. The maximum Gasteiger partial charge on any atom is 0.231 e. The van der Waals surface area contributed by atoms with E-state index in [-0.39, 0.29) is 5.91 Å². The van der Waals surface area contributed by atoms with Crippen molar-refractivity contribution in [3.63, 3.8) is 0 Å². The summed E-state index contributed by atoms with van der Waals surface area (Å²) in [5.74, 6) is 1.07. The number of nitrogens with zero attached hydrogens (tertiary/aromatic N) is 2. The molecule has 4 rings (SSSR count). The lowest BCUT2D eigenvalue weighted by molar-refractivity contribution is -0.118. The molecule has 2 aliphatic heterocycles. The van der Waals surface area contributed by atoms with Gasteiger partial charge >= 0.3 is 0 Å². The number of fused-ring (bicyclic) bond motifs is 1. The standard InChI is InChI=1S/C24H30N2O2/c1-18-6-9-21(10-7-18)26-23-12-11-22(17-20(23)8-13-24(26)27)28-16-4-15-25-14-3-5-19(25)2/h6-7,9-12,17,19H,3-5,8,13-16H2,1-2H3/t19-/m1/s1. The summed E-state index contributed by atoms with van der Waals surface area (Å²) in [6, 6.07) is 15.0. The van der Waals surface area contributed by atoms with Crippen LogP contribution in [-0.4, -0.2) is 36.5 Å². The highest BCUT2D eigenvalue weighted by atomic mass is 16.5. The fraction of sp³-hybridized carbons (Fsp3) is 0.458. The lowest BCUT2D eigenvalue weighted by Gasteiger charge is -2.30. The number of hydrogen-bond acceptors (Lipinski definition) is 3. The molecule has 2 heterocycles. The zero-order chi connectivity index (χ0) is 19.5. The number of likely N-dealkylation sites (tertiary alicyclic amines) is 1. The Morgan fingerprint density at radius 3 is 2.68 bits per heavy atom. The number of carbonyl (C=O) groups excluding carboxylic acids is 1. The third kappa shape index (κ3) is 4.07. The van der Waals surface area contributed by atoms with Gasteiger partial charge in [-0.2, -0.15) is 0 Å². The predicted molar refractivity (Wildman–Crippen MR) is 113 cm³/mol. The molecule has 0 unspecified atom stereocenters. The smallest absolute Gasteiger partial charge is 0.231 e. The number of anilines is 2. The molecular formula is C24H30N2O2. The molecule has 4 heteroatoms. The Kier molecular flexibility index (Phi) is 5.67. The van der Waals surface area contributed by atoms with Crippen LogP contribution in [0, 0.1) is 6.92 Å². The molecule has 1 fully saturated rings. The van der Waals surface area contributed by atoms with Crippen LogP contribution in [0.3, 0.4) is 0 Å². The van der Waals surface area contributed by atoms with Crippen molar-refractivity contribution in [3.05, 3.63) is 53.6 Å². The van der Waals surface area contributed by atoms with Crippen molar-refractivity contribution in [1.29, 1.82) is 0 Å². The van der Waals surface area contributed by atoms with Crippen LogP contribution < -0.4 is 9.64 Å². The van der Waals surface area contributed by atoms with E-state index in [9.17, 15) is 4.79 Å². The van der Waals surface area contributed by atoms with E-state index in [0.29, 0.717) is 12.5 Å². The van der Waals surface area contributed by atoms with E-state index in [1.807, 2.05) is 29.2 Å². The lowest BCUT2D eigenvalue weighted by atomic mass is 10.00. The largest absolute Gasteiger partial charge is 0.494 e. The first-order valence-corrected chi connectivity index (χ1v) is 10.5. The van der Waals surface area contributed by atoms with Crippen LogP contribution in [0.1, 0.15) is 43.7 Å². The average molecular weight is 379 g/mol. The average Bonchev–Trinajstić information content (AvgIpc) is 3.11. The van der Waals surface area contributed by atoms with Gasteiger partial charge in [0.2, 0.25) is 5.91 Å². The van der Waals surface area contributed by atoms with Crippen molar-refractivity contribution in [2.75, 3.05) is 24.6 Å². The summed E-state index contributed by atoms with van der Waals surface area (Å²) >= 11 is 0. The number of aryl methyl sites for hydroxylation is 2. The number of amides is 1. The Hall–Kier alpha value is -2.33. The SMILES string of the molecule is Cc1ccc(N2C(=O)CCc3cc(OCCCN4CCC[C@H]4C)ccc32)cc1.